The van der Waals surface area contributed by atoms with Crippen LogP contribution in [0.2, 0.25) is 0 Å². The van der Waals surface area contributed by atoms with E-state index in [0.29, 0.717) is 41.7 Å². The van der Waals surface area contributed by atoms with Gasteiger partial charge in [0.1, 0.15) is 5.82 Å². The van der Waals surface area contributed by atoms with Gasteiger partial charge in [0.05, 0.1) is 11.3 Å². The van der Waals surface area contributed by atoms with Crippen LogP contribution in [0.4, 0.5) is 15.8 Å². The topological polar surface area (TPSA) is 80.1 Å². The summed E-state index contributed by atoms with van der Waals surface area (Å²) in [5.41, 5.74) is 1.73. The Hall–Kier alpha value is -3.46. The number of nitrogens with one attached hydrogen (secondary N) is 1. The maximum Gasteiger partial charge on any atom is 0.234 e. The van der Waals surface area contributed by atoms with E-state index in [1.165, 1.54) is 17.8 Å². The molecule has 1 aliphatic heterocycles. The average Bonchev–Trinajstić information content (AvgIpc) is 3.39. The van der Waals surface area contributed by atoms with Crippen molar-refractivity contribution in [2.75, 3.05) is 22.5 Å². The van der Waals surface area contributed by atoms with Crippen molar-refractivity contribution in [3.8, 4) is 11.4 Å². The van der Waals surface area contributed by atoms with Gasteiger partial charge in [-0.2, -0.15) is 0 Å². The second kappa shape index (κ2) is 9.78. The Morgan fingerprint density at radius 1 is 1.22 bits per heavy atom. The van der Waals surface area contributed by atoms with Crippen LogP contribution in [0.25, 0.3) is 11.4 Å². The number of thioether (sulfide) groups is 1. The molecule has 0 aliphatic carbocycles. The molecule has 7 nitrogen and oxygen atoms in total. The fourth-order valence-electron chi connectivity index (χ4n) is 3.53. The number of anilines is 2. The molecule has 1 fully saturated rings. The molecule has 0 saturated carbocycles. The van der Waals surface area contributed by atoms with Crippen LogP contribution >= 0.6 is 11.8 Å². The number of amides is 2. The molecular weight excluding hydrogens is 429 g/mol. The number of hydrogen-bond donors (Lipinski definition) is 1. The Bertz CT molecular complexity index is 1160. The monoisotopic (exact) mass is 451 g/mol. The van der Waals surface area contributed by atoms with Gasteiger partial charge in [0.15, 0.2) is 11.0 Å². The van der Waals surface area contributed by atoms with E-state index in [1.807, 2.05) is 12.1 Å². The number of aromatic nitrogens is 3. The largest absolute Gasteiger partial charge is 0.325 e. The summed E-state index contributed by atoms with van der Waals surface area (Å²) in [5, 5.41) is 11.6. The van der Waals surface area contributed by atoms with Crippen LogP contribution in [0.15, 0.2) is 66.3 Å². The van der Waals surface area contributed by atoms with Crippen LogP contribution in [0.5, 0.6) is 0 Å². The highest BCUT2D eigenvalue weighted by Gasteiger charge is 2.22. The number of carbonyl (C=O) groups excluding carboxylic acids is 2. The molecule has 4 rings (SSSR count). The summed E-state index contributed by atoms with van der Waals surface area (Å²) in [7, 11) is 0. The molecule has 2 heterocycles. The maximum atomic E-state index is 14.2. The lowest BCUT2D eigenvalue weighted by atomic mass is 10.2. The van der Waals surface area contributed by atoms with Gasteiger partial charge in [-0.1, -0.05) is 36.0 Å². The molecule has 0 spiro atoms. The Morgan fingerprint density at radius 3 is 2.81 bits per heavy atom. The third kappa shape index (κ3) is 4.72. The summed E-state index contributed by atoms with van der Waals surface area (Å²) in [5.74, 6) is -0.0409. The van der Waals surface area contributed by atoms with Crippen LogP contribution in [-0.4, -0.2) is 38.9 Å². The van der Waals surface area contributed by atoms with E-state index in [2.05, 4.69) is 22.1 Å². The van der Waals surface area contributed by atoms with E-state index in [4.69, 9.17) is 0 Å². The molecule has 9 heteroatoms. The van der Waals surface area contributed by atoms with Gasteiger partial charge in [0.25, 0.3) is 0 Å². The zero-order chi connectivity index (χ0) is 22.5. The quantitative estimate of drug-likeness (QED) is 0.412. The second-order valence-corrected chi connectivity index (χ2v) is 8.16. The summed E-state index contributed by atoms with van der Waals surface area (Å²) in [6.07, 6.45) is 3.06. The Kier molecular flexibility index (Phi) is 6.65. The Balaban J connectivity index is 1.44. The molecule has 1 aromatic heterocycles. The zero-order valence-electron chi connectivity index (χ0n) is 17.3. The summed E-state index contributed by atoms with van der Waals surface area (Å²) in [6, 6.07) is 13.6. The highest BCUT2D eigenvalue weighted by molar-refractivity contribution is 7.99. The van der Waals surface area contributed by atoms with Crippen molar-refractivity contribution < 1.29 is 14.0 Å². The van der Waals surface area contributed by atoms with Gasteiger partial charge in [-0.25, -0.2) is 4.39 Å². The summed E-state index contributed by atoms with van der Waals surface area (Å²) in [6.45, 7) is 4.82. The standard InChI is InChI=1S/C23H22FN5O2S/c1-2-12-29-22(18-9-3-4-10-19(18)24)26-27-23(29)32-15-20(30)25-16-7-5-8-17(14-16)28-13-6-11-21(28)31/h2-5,7-10,14H,1,6,11-13,15H2,(H,25,30). The molecule has 0 radical (unpaired) electrons. The van der Waals surface area contributed by atoms with E-state index in [0.717, 1.165) is 12.1 Å². The molecule has 0 bridgehead atoms. The van der Waals surface area contributed by atoms with Gasteiger partial charge in [0, 0.05) is 30.9 Å². The minimum absolute atomic E-state index is 0.0937. The molecule has 0 unspecified atom stereocenters. The number of rotatable bonds is 8. The minimum Gasteiger partial charge on any atom is -0.325 e. The van der Waals surface area contributed by atoms with E-state index < -0.39 is 5.82 Å². The molecule has 1 aliphatic rings. The number of allylic oxidation sites excluding steroid dienone is 1. The van der Waals surface area contributed by atoms with Crippen molar-refractivity contribution in [3.05, 3.63) is 67.0 Å². The molecule has 32 heavy (non-hydrogen) atoms. The van der Waals surface area contributed by atoms with Crippen molar-refractivity contribution in [3.63, 3.8) is 0 Å². The lowest BCUT2D eigenvalue weighted by Gasteiger charge is -2.16. The van der Waals surface area contributed by atoms with Crippen molar-refractivity contribution in [1.82, 2.24) is 14.8 Å². The van der Waals surface area contributed by atoms with Gasteiger partial charge in [-0.05, 0) is 36.8 Å². The zero-order valence-corrected chi connectivity index (χ0v) is 18.1. The fourth-order valence-corrected chi connectivity index (χ4v) is 4.28. The molecule has 2 amide bonds. The number of hydrogen-bond acceptors (Lipinski definition) is 5. The molecule has 164 valence electrons. The third-order valence-corrected chi connectivity index (χ3v) is 5.96. The first kappa shape index (κ1) is 21.8. The number of benzene rings is 2. The normalized spacial score (nSPS) is 13.4. The third-order valence-electron chi connectivity index (χ3n) is 4.99. The second-order valence-electron chi connectivity index (χ2n) is 7.22. The van der Waals surface area contributed by atoms with E-state index in [-0.39, 0.29) is 17.6 Å². The first-order valence-corrected chi connectivity index (χ1v) is 11.2. The van der Waals surface area contributed by atoms with Crippen molar-refractivity contribution >= 4 is 35.0 Å². The summed E-state index contributed by atoms with van der Waals surface area (Å²) in [4.78, 5) is 26.2. The first-order valence-electron chi connectivity index (χ1n) is 10.2. The van der Waals surface area contributed by atoms with Gasteiger partial charge in [0.2, 0.25) is 11.8 Å². The summed E-state index contributed by atoms with van der Waals surface area (Å²) >= 11 is 1.21. The van der Waals surface area contributed by atoms with Crippen LogP contribution in [0.1, 0.15) is 12.8 Å². The van der Waals surface area contributed by atoms with Crippen LogP contribution < -0.4 is 10.2 Å². The number of halogens is 1. The Labute approximate surface area is 189 Å². The van der Waals surface area contributed by atoms with E-state index in [1.54, 1.807) is 45.9 Å². The smallest absolute Gasteiger partial charge is 0.234 e. The number of nitrogens with zero attached hydrogens (tertiary/aromatic N) is 4. The van der Waals surface area contributed by atoms with Crippen molar-refractivity contribution in [1.29, 1.82) is 0 Å². The van der Waals surface area contributed by atoms with Gasteiger partial charge < -0.3 is 10.2 Å². The van der Waals surface area contributed by atoms with Crippen LogP contribution in [0, 0.1) is 5.82 Å². The highest BCUT2D eigenvalue weighted by atomic mass is 32.2. The fraction of sp³-hybridized carbons (Fsp3) is 0.217. The van der Waals surface area contributed by atoms with Gasteiger partial charge >= 0.3 is 0 Å². The number of carbonyl (C=O) groups is 2. The van der Waals surface area contributed by atoms with Crippen LogP contribution in [-0.2, 0) is 16.1 Å². The lowest BCUT2D eigenvalue weighted by Crippen LogP contribution is -2.23. The minimum atomic E-state index is -0.393. The van der Waals surface area contributed by atoms with Crippen molar-refractivity contribution in [2.45, 2.75) is 24.5 Å². The average molecular weight is 452 g/mol. The predicted molar refractivity (Wildman–Crippen MR) is 123 cm³/mol. The summed E-state index contributed by atoms with van der Waals surface area (Å²) < 4.78 is 16.0. The van der Waals surface area contributed by atoms with Crippen molar-refractivity contribution in [2.24, 2.45) is 0 Å². The van der Waals surface area contributed by atoms with Gasteiger partial charge in [-0.3, -0.25) is 14.2 Å². The Morgan fingerprint density at radius 2 is 2.06 bits per heavy atom. The van der Waals surface area contributed by atoms with Crippen LogP contribution in [0.3, 0.4) is 0 Å². The maximum absolute atomic E-state index is 14.2. The molecule has 2 aromatic carbocycles. The molecule has 1 saturated heterocycles. The molecule has 0 atom stereocenters. The predicted octanol–water partition coefficient (Wildman–Crippen LogP) is 4.13. The molecule has 3 aromatic rings. The lowest BCUT2D eigenvalue weighted by molar-refractivity contribution is -0.117. The molecule has 1 N–H and O–H groups in total. The van der Waals surface area contributed by atoms with E-state index in [9.17, 15) is 14.0 Å². The molecular formula is C23H22FN5O2S. The highest BCUT2D eigenvalue weighted by Crippen LogP contribution is 2.27. The SMILES string of the molecule is C=CCn1c(SCC(=O)Nc2cccc(N3CCCC3=O)c2)nnc1-c1ccccc1F. The van der Waals surface area contributed by atoms with Gasteiger partial charge in [-0.15, -0.1) is 16.8 Å². The first-order chi connectivity index (χ1) is 15.6. The van der Waals surface area contributed by atoms with E-state index >= 15 is 0 Å².